The molecule has 3 aliphatic carbocycles. The summed E-state index contributed by atoms with van der Waals surface area (Å²) in [6.07, 6.45) is 1.28. The highest BCUT2D eigenvalue weighted by atomic mass is 16.6. The third-order valence-corrected chi connectivity index (χ3v) is 8.88. The van der Waals surface area contributed by atoms with Crippen molar-refractivity contribution in [3.05, 3.63) is 59.7 Å². The molecule has 0 heterocycles. The van der Waals surface area contributed by atoms with Crippen LogP contribution in [0.25, 0.3) is 0 Å². The summed E-state index contributed by atoms with van der Waals surface area (Å²) in [5, 5.41) is 12.3. The molecule has 1 aromatic carbocycles. The maximum atomic E-state index is 13.1. The number of aliphatic hydroxyl groups is 1. The molecule has 1 aromatic rings. The van der Waals surface area contributed by atoms with Crippen molar-refractivity contribution in [2.45, 2.75) is 84.7 Å². The quantitative estimate of drug-likeness (QED) is 0.335. The first-order valence-electron chi connectivity index (χ1n) is 13.5. The van der Waals surface area contributed by atoms with E-state index in [9.17, 15) is 19.5 Å². The van der Waals surface area contributed by atoms with Crippen molar-refractivity contribution < 1.29 is 33.7 Å². The fourth-order valence-electron chi connectivity index (χ4n) is 7.07. The van der Waals surface area contributed by atoms with Crippen LogP contribution in [0, 0.1) is 29.1 Å². The average Bonchev–Trinajstić information content (AvgIpc) is 3.28. The molecule has 0 saturated heterocycles. The van der Waals surface area contributed by atoms with Crippen molar-refractivity contribution in [2.24, 2.45) is 29.1 Å². The lowest BCUT2D eigenvalue weighted by Crippen LogP contribution is -2.47. The third-order valence-electron chi connectivity index (χ3n) is 8.88. The van der Waals surface area contributed by atoms with E-state index in [2.05, 4.69) is 20.4 Å². The standard InChI is InChI=1S/C31H40O7/c1-17-13-14-23-24(30(23,6)7)27(37-21(5)33)18(2)15-31(35)16-19(3)28(25(31)26(17)36-20(4)32)38-29(34)22-11-9-8-10-12-22/h8-12,15,19,23-28,35H,1,13-14,16H2,2-7H3/b18-15-/t19-,23-,24-,25-,26-,27-,28-,31+/m0/s1. The van der Waals surface area contributed by atoms with Gasteiger partial charge in [-0.15, -0.1) is 0 Å². The summed E-state index contributed by atoms with van der Waals surface area (Å²) in [4.78, 5) is 37.5. The molecule has 7 nitrogen and oxygen atoms in total. The zero-order valence-electron chi connectivity index (χ0n) is 23.2. The maximum absolute atomic E-state index is 13.1. The van der Waals surface area contributed by atoms with Crippen molar-refractivity contribution >= 4 is 17.9 Å². The monoisotopic (exact) mass is 524 g/mol. The number of rotatable bonds is 4. The largest absolute Gasteiger partial charge is 0.458 e. The molecular formula is C31H40O7. The predicted octanol–water partition coefficient (Wildman–Crippen LogP) is 5.03. The van der Waals surface area contributed by atoms with E-state index in [4.69, 9.17) is 14.2 Å². The van der Waals surface area contributed by atoms with Gasteiger partial charge >= 0.3 is 17.9 Å². The van der Waals surface area contributed by atoms with Gasteiger partial charge < -0.3 is 19.3 Å². The Bertz CT molecular complexity index is 1140. The molecule has 0 aliphatic heterocycles. The summed E-state index contributed by atoms with van der Waals surface area (Å²) in [6.45, 7) is 15.1. The first-order valence-corrected chi connectivity index (χ1v) is 13.5. The molecule has 0 amide bonds. The van der Waals surface area contributed by atoms with Gasteiger partial charge in [0.25, 0.3) is 0 Å². The van der Waals surface area contributed by atoms with E-state index in [-0.39, 0.29) is 35.6 Å². The summed E-state index contributed by atoms with van der Waals surface area (Å²) in [6, 6.07) is 8.69. The van der Waals surface area contributed by atoms with Crippen molar-refractivity contribution in [2.75, 3.05) is 0 Å². The highest BCUT2D eigenvalue weighted by molar-refractivity contribution is 5.89. The minimum atomic E-state index is -1.49. The van der Waals surface area contributed by atoms with E-state index in [1.807, 2.05) is 19.9 Å². The molecule has 38 heavy (non-hydrogen) atoms. The Morgan fingerprint density at radius 3 is 2.18 bits per heavy atom. The van der Waals surface area contributed by atoms with Crippen LogP contribution in [0.5, 0.6) is 0 Å². The van der Waals surface area contributed by atoms with Gasteiger partial charge in [-0.25, -0.2) is 4.79 Å². The molecule has 1 N–H and O–H groups in total. The SMILES string of the molecule is C=C1CC[C@H]2[C@@H]([C@@H](OC(C)=O)/C(C)=C\[C@@]3(O)C[C@H](C)[C@H](OC(=O)c4ccccc4)[C@@H]3[C@H]1OC(C)=O)C2(C)C. The first kappa shape index (κ1) is 28.1. The van der Waals surface area contributed by atoms with Crippen LogP contribution >= 0.6 is 0 Å². The van der Waals surface area contributed by atoms with E-state index in [1.165, 1.54) is 13.8 Å². The minimum Gasteiger partial charge on any atom is -0.458 e. The van der Waals surface area contributed by atoms with Gasteiger partial charge in [-0.1, -0.05) is 45.5 Å². The molecule has 8 atom stereocenters. The molecule has 7 heteroatoms. The second kappa shape index (κ2) is 10.3. The lowest BCUT2D eigenvalue weighted by molar-refractivity contribution is -0.153. The highest BCUT2D eigenvalue weighted by Crippen LogP contribution is 2.64. The van der Waals surface area contributed by atoms with Crippen molar-refractivity contribution in [3.63, 3.8) is 0 Å². The highest BCUT2D eigenvalue weighted by Gasteiger charge is 2.63. The van der Waals surface area contributed by atoms with Gasteiger partial charge in [0.2, 0.25) is 0 Å². The zero-order chi connectivity index (χ0) is 28.0. The van der Waals surface area contributed by atoms with Gasteiger partial charge in [-0.05, 0) is 72.8 Å². The minimum absolute atomic E-state index is 0.0651. The number of ether oxygens (including phenoxy) is 3. The lowest BCUT2D eigenvalue weighted by Gasteiger charge is -2.37. The van der Waals surface area contributed by atoms with Crippen LogP contribution in [0.2, 0.25) is 0 Å². The fraction of sp³-hybridized carbons (Fsp3) is 0.581. The van der Waals surface area contributed by atoms with Crippen LogP contribution in [0.1, 0.15) is 71.2 Å². The van der Waals surface area contributed by atoms with Crippen molar-refractivity contribution in [1.29, 1.82) is 0 Å². The summed E-state index contributed by atoms with van der Waals surface area (Å²) >= 11 is 0. The van der Waals surface area contributed by atoms with E-state index in [1.54, 1.807) is 30.3 Å². The maximum Gasteiger partial charge on any atom is 0.338 e. The number of hydrogen-bond donors (Lipinski definition) is 1. The van der Waals surface area contributed by atoms with Crippen molar-refractivity contribution in [1.82, 2.24) is 0 Å². The van der Waals surface area contributed by atoms with Crippen LogP contribution in [-0.2, 0) is 23.8 Å². The van der Waals surface area contributed by atoms with E-state index in [0.29, 0.717) is 17.6 Å². The molecule has 4 rings (SSSR count). The summed E-state index contributed by atoms with van der Waals surface area (Å²) in [5.74, 6) is -2.04. The smallest absolute Gasteiger partial charge is 0.338 e. The fourth-order valence-corrected chi connectivity index (χ4v) is 7.07. The Morgan fingerprint density at radius 2 is 1.58 bits per heavy atom. The normalized spacial score (nSPS) is 37.4. The molecule has 2 fully saturated rings. The van der Waals surface area contributed by atoms with Crippen LogP contribution in [0.3, 0.4) is 0 Å². The first-order chi connectivity index (χ1) is 17.8. The molecular weight excluding hydrogens is 484 g/mol. The van der Waals surface area contributed by atoms with Gasteiger partial charge in [-0.2, -0.15) is 0 Å². The van der Waals surface area contributed by atoms with Gasteiger partial charge in [0.15, 0.2) is 0 Å². The molecule has 206 valence electrons. The molecule has 0 spiro atoms. The summed E-state index contributed by atoms with van der Waals surface area (Å²) < 4.78 is 17.7. The van der Waals surface area contributed by atoms with E-state index >= 15 is 0 Å². The van der Waals surface area contributed by atoms with Gasteiger partial charge in [0, 0.05) is 19.8 Å². The Balaban J connectivity index is 1.80. The summed E-state index contributed by atoms with van der Waals surface area (Å²) in [5.41, 5.74) is 0.260. The number of fused-ring (bicyclic) bond motifs is 2. The second-order valence-corrected chi connectivity index (χ2v) is 12.0. The number of carbonyl (C=O) groups is 3. The second-order valence-electron chi connectivity index (χ2n) is 12.0. The van der Waals surface area contributed by atoms with Crippen LogP contribution < -0.4 is 0 Å². The Hall–Kier alpha value is -2.93. The van der Waals surface area contributed by atoms with Gasteiger partial charge in [0.05, 0.1) is 17.1 Å². The molecule has 3 aliphatic rings. The molecule has 0 bridgehead atoms. The topological polar surface area (TPSA) is 99.1 Å². The predicted molar refractivity (Wildman–Crippen MR) is 142 cm³/mol. The van der Waals surface area contributed by atoms with Gasteiger partial charge in [-0.3, -0.25) is 9.59 Å². The van der Waals surface area contributed by atoms with Crippen molar-refractivity contribution in [3.8, 4) is 0 Å². The van der Waals surface area contributed by atoms with Crippen LogP contribution in [0.15, 0.2) is 54.1 Å². The Labute approximate surface area is 225 Å². The molecule has 0 aromatic heterocycles. The molecule has 0 unspecified atom stereocenters. The van der Waals surface area contributed by atoms with E-state index < -0.39 is 41.8 Å². The van der Waals surface area contributed by atoms with Crippen LogP contribution in [0.4, 0.5) is 0 Å². The number of carbonyl (C=O) groups excluding carboxylic acids is 3. The Morgan fingerprint density at radius 1 is 0.974 bits per heavy atom. The number of esters is 3. The van der Waals surface area contributed by atoms with Gasteiger partial charge in [0.1, 0.15) is 18.3 Å². The number of hydrogen-bond acceptors (Lipinski definition) is 7. The molecule has 2 saturated carbocycles. The molecule has 0 radical (unpaired) electrons. The summed E-state index contributed by atoms with van der Waals surface area (Å²) in [7, 11) is 0. The Kier molecular flexibility index (Phi) is 7.63. The average molecular weight is 525 g/mol. The van der Waals surface area contributed by atoms with E-state index in [0.717, 1.165) is 12.0 Å². The lowest BCUT2D eigenvalue weighted by atomic mass is 9.79. The number of benzene rings is 1. The third kappa shape index (κ3) is 5.31. The zero-order valence-corrected chi connectivity index (χ0v) is 23.2. The van der Waals surface area contributed by atoms with Crippen LogP contribution in [-0.4, -0.2) is 46.9 Å².